The van der Waals surface area contributed by atoms with Crippen LogP contribution >= 0.6 is 11.3 Å². The Bertz CT molecular complexity index is 801. The van der Waals surface area contributed by atoms with Crippen molar-refractivity contribution in [3.63, 3.8) is 0 Å². The van der Waals surface area contributed by atoms with Crippen LogP contribution in [-0.4, -0.2) is 10.9 Å². The number of nitrogens with zero attached hydrogens (tertiary/aromatic N) is 1. The number of thiazole rings is 1. The van der Waals surface area contributed by atoms with Crippen LogP contribution in [0.5, 0.6) is 0 Å². The summed E-state index contributed by atoms with van der Waals surface area (Å²) in [6.07, 6.45) is 0. The van der Waals surface area contributed by atoms with Crippen LogP contribution in [0, 0.1) is 11.6 Å². The van der Waals surface area contributed by atoms with Crippen LogP contribution in [0.2, 0.25) is 0 Å². The molecule has 2 aromatic carbocycles. The summed E-state index contributed by atoms with van der Waals surface area (Å²) in [5.41, 5.74) is 0.119. The number of nitrogens with one attached hydrogen (secondary N) is 1. The summed E-state index contributed by atoms with van der Waals surface area (Å²) >= 11 is 1.13. The first kappa shape index (κ1) is 12.7. The zero-order valence-electron chi connectivity index (χ0n) is 10.1. The van der Waals surface area contributed by atoms with E-state index in [-0.39, 0.29) is 16.2 Å². The van der Waals surface area contributed by atoms with Gasteiger partial charge in [0, 0.05) is 0 Å². The first-order valence-electron chi connectivity index (χ1n) is 5.76. The molecule has 0 bridgehead atoms. The lowest BCUT2D eigenvalue weighted by Gasteiger charge is -2.02. The zero-order chi connectivity index (χ0) is 14.1. The van der Waals surface area contributed by atoms with Crippen molar-refractivity contribution in [1.29, 1.82) is 0 Å². The minimum Gasteiger partial charge on any atom is -0.298 e. The maximum Gasteiger partial charge on any atom is 0.260 e. The molecule has 3 rings (SSSR count). The summed E-state index contributed by atoms with van der Waals surface area (Å²) < 4.78 is 27.6. The van der Waals surface area contributed by atoms with Crippen molar-refractivity contribution in [3.8, 4) is 0 Å². The van der Waals surface area contributed by atoms with E-state index in [4.69, 9.17) is 0 Å². The van der Waals surface area contributed by atoms with E-state index in [1.165, 1.54) is 24.3 Å². The molecule has 3 nitrogen and oxygen atoms in total. The van der Waals surface area contributed by atoms with Crippen molar-refractivity contribution in [2.24, 2.45) is 0 Å². The number of aromatic nitrogens is 1. The normalized spacial score (nSPS) is 10.7. The summed E-state index contributed by atoms with van der Waals surface area (Å²) in [6, 6.07) is 10.2. The van der Waals surface area contributed by atoms with Gasteiger partial charge >= 0.3 is 0 Å². The molecule has 0 aliphatic carbocycles. The maximum atomic E-state index is 13.5. The number of hydrogen-bond acceptors (Lipinski definition) is 3. The standard InChI is InChI=1S/C14H8F2N2OS/c15-9-5-2-1-4-8(9)13(19)18-14-17-12-10(16)6-3-7-11(12)20-14/h1-7H,(H,17,18,19). The number of halogens is 2. The fraction of sp³-hybridized carbons (Fsp3) is 0. The molecule has 0 radical (unpaired) electrons. The highest BCUT2D eigenvalue weighted by Crippen LogP contribution is 2.27. The van der Waals surface area contributed by atoms with Crippen molar-refractivity contribution < 1.29 is 13.6 Å². The van der Waals surface area contributed by atoms with Gasteiger partial charge in [-0.2, -0.15) is 0 Å². The van der Waals surface area contributed by atoms with Crippen LogP contribution in [0.4, 0.5) is 13.9 Å². The second-order valence-electron chi connectivity index (χ2n) is 4.04. The minimum absolute atomic E-state index is 0.0766. The smallest absolute Gasteiger partial charge is 0.260 e. The highest BCUT2D eigenvalue weighted by molar-refractivity contribution is 7.22. The average Bonchev–Trinajstić information content (AvgIpc) is 2.83. The van der Waals surface area contributed by atoms with E-state index in [0.29, 0.717) is 4.70 Å². The summed E-state index contributed by atoms with van der Waals surface area (Å²) in [5.74, 6) is -1.68. The van der Waals surface area contributed by atoms with Crippen molar-refractivity contribution in [2.45, 2.75) is 0 Å². The molecule has 0 unspecified atom stereocenters. The number of para-hydroxylation sites is 1. The molecule has 20 heavy (non-hydrogen) atoms. The zero-order valence-corrected chi connectivity index (χ0v) is 10.9. The number of rotatable bonds is 2. The fourth-order valence-corrected chi connectivity index (χ4v) is 2.65. The molecule has 0 aliphatic rings. The van der Waals surface area contributed by atoms with Gasteiger partial charge < -0.3 is 0 Å². The number of amides is 1. The lowest BCUT2D eigenvalue weighted by molar-refractivity contribution is 0.102. The molecule has 1 heterocycles. The number of carbonyl (C=O) groups excluding carboxylic acids is 1. The molecule has 1 aromatic heterocycles. The van der Waals surface area contributed by atoms with Crippen molar-refractivity contribution in [2.75, 3.05) is 5.32 Å². The van der Waals surface area contributed by atoms with E-state index in [2.05, 4.69) is 10.3 Å². The first-order valence-corrected chi connectivity index (χ1v) is 6.58. The summed E-state index contributed by atoms with van der Waals surface area (Å²) in [7, 11) is 0. The largest absolute Gasteiger partial charge is 0.298 e. The summed E-state index contributed by atoms with van der Waals surface area (Å²) in [4.78, 5) is 15.9. The minimum atomic E-state index is -0.614. The van der Waals surface area contributed by atoms with Crippen LogP contribution < -0.4 is 5.32 Å². The Kier molecular flexibility index (Phi) is 3.15. The van der Waals surface area contributed by atoms with Crippen LogP contribution in [-0.2, 0) is 0 Å². The van der Waals surface area contributed by atoms with Crippen molar-refractivity contribution in [1.82, 2.24) is 4.98 Å². The van der Waals surface area contributed by atoms with Gasteiger partial charge in [-0.15, -0.1) is 0 Å². The van der Waals surface area contributed by atoms with Gasteiger partial charge in [-0.25, -0.2) is 13.8 Å². The Morgan fingerprint density at radius 1 is 1.05 bits per heavy atom. The third-order valence-corrected chi connectivity index (χ3v) is 3.64. The first-order chi connectivity index (χ1) is 9.65. The average molecular weight is 290 g/mol. The number of carbonyl (C=O) groups is 1. The number of fused-ring (bicyclic) bond motifs is 1. The monoisotopic (exact) mass is 290 g/mol. The number of hydrogen-bond donors (Lipinski definition) is 1. The van der Waals surface area contributed by atoms with Gasteiger partial charge in [0.1, 0.15) is 17.2 Å². The van der Waals surface area contributed by atoms with Gasteiger partial charge in [0.15, 0.2) is 5.13 Å². The van der Waals surface area contributed by atoms with Crippen molar-refractivity contribution in [3.05, 3.63) is 59.7 Å². The van der Waals surface area contributed by atoms with E-state index < -0.39 is 17.5 Å². The van der Waals surface area contributed by atoms with Gasteiger partial charge in [-0.05, 0) is 24.3 Å². The molecule has 6 heteroatoms. The van der Waals surface area contributed by atoms with E-state index in [1.807, 2.05) is 0 Å². The quantitative estimate of drug-likeness (QED) is 0.779. The highest BCUT2D eigenvalue weighted by Gasteiger charge is 2.14. The lowest BCUT2D eigenvalue weighted by atomic mass is 10.2. The number of anilines is 1. The molecule has 1 N–H and O–H groups in total. The van der Waals surface area contributed by atoms with E-state index in [9.17, 15) is 13.6 Å². The molecular weight excluding hydrogens is 282 g/mol. The predicted octanol–water partition coefficient (Wildman–Crippen LogP) is 3.83. The van der Waals surface area contributed by atoms with Crippen molar-refractivity contribution >= 4 is 32.6 Å². The number of benzene rings is 2. The van der Waals surface area contributed by atoms with Crippen LogP contribution in [0.3, 0.4) is 0 Å². The molecule has 3 aromatic rings. The Morgan fingerprint density at radius 3 is 2.55 bits per heavy atom. The van der Waals surface area contributed by atoms with E-state index >= 15 is 0 Å². The van der Waals surface area contributed by atoms with Gasteiger partial charge in [0.2, 0.25) is 0 Å². The molecule has 1 amide bonds. The fourth-order valence-electron chi connectivity index (χ4n) is 1.78. The Morgan fingerprint density at radius 2 is 1.80 bits per heavy atom. The van der Waals surface area contributed by atoms with E-state index in [0.717, 1.165) is 11.3 Å². The Balaban J connectivity index is 1.92. The van der Waals surface area contributed by atoms with Crippen LogP contribution in [0.25, 0.3) is 10.2 Å². The molecule has 100 valence electrons. The summed E-state index contributed by atoms with van der Waals surface area (Å²) in [5, 5.41) is 2.71. The Hall–Kier alpha value is -2.34. The van der Waals surface area contributed by atoms with E-state index in [1.54, 1.807) is 18.2 Å². The second-order valence-corrected chi connectivity index (χ2v) is 5.07. The Labute approximate surface area is 116 Å². The molecule has 0 fully saturated rings. The third-order valence-electron chi connectivity index (χ3n) is 2.71. The maximum absolute atomic E-state index is 13.5. The lowest BCUT2D eigenvalue weighted by Crippen LogP contribution is -2.13. The van der Waals surface area contributed by atoms with Gasteiger partial charge in [0.05, 0.1) is 10.3 Å². The van der Waals surface area contributed by atoms with Crippen LogP contribution in [0.1, 0.15) is 10.4 Å². The summed E-state index contributed by atoms with van der Waals surface area (Å²) in [6.45, 7) is 0. The second kappa shape index (κ2) is 4.97. The molecule has 0 aliphatic heterocycles. The molecule has 0 saturated heterocycles. The topological polar surface area (TPSA) is 42.0 Å². The molecule has 0 atom stereocenters. The molecule has 0 saturated carbocycles. The predicted molar refractivity (Wildman–Crippen MR) is 73.9 cm³/mol. The van der Waals surface area contributed by atoms with Gasteiger partial charge in [-0.1, -0.05) is 29.5 Å². The van der Waals surface area contributed by atoms with Gasteiger partial charge in [0.25, 0.3) is 5.91 Å². The molecule has 0 spiro atoms. The van der Waals surface area contributed by atoms with Gasteiger partial charge in [-0.3, -0.25) is 10.1 Å². The third kappa shape index (κ3) is 2.25. The SMILES string of the molecule is O=C(Nc1nc2c(F)cccc2s1)c1ccccc1F. The van der Waals surface area contributed by atoms with Crippen LogP contribution in [0.15, 0.2) is 42.5 Å². The highest BCUT2D eigenvalue weighted by atomic mass is 32.1. The molecular formula is C14H8F2N2OS.